The Balaban J connectivity index is 1.65. The minimum atomic E-state index is 0.377. The van der Waals surface area contributed by atoms with Crippen LogP contribution in [0, 0.1) is 23.0 Å². The SMILES string of the molecule is CC(Cc1ccc(OC#N)cc1)c1cccc(C(C)Cc2ccc(OC#N)cc2)c1. The lowest BCUT2D eigenvalue weighted by Gasteiger charge is -2.17. The Hall–Kier alpha value is -3.76. The molecule has 2 unspecified atom stereocenters. The summed E-state index contributed by atoms with van der Waals surface area (Å²) in [6.07, 6.45) is 5.23. The monoisotopic (exact) mass is 396 g/mol. The van der Waals surface area contributed by atoms with Crippen LogP contribution in [0.2, 0.25) is 0 Å². The molecule has 4 nitrogen and oxygen atoms in total. The molecule has 3 rings (SSSR count). The summed E-state index contributed by atoms with van der Waals surface area (Å²) in [4.78, 5) is 0. The van der Waals surface area contributed by atoms with Gasteiger partial charge in [0.1, 0.15) is 11.5 Å². The maximum Gasteiger partial charge on any atom is 0.292 e. The van der Waals surface area contributed by atoms with Gasteiger partial charge in [0, 0.05) is 0 Å². The summed E-state index contributed by atoms with van der Waals surface area (Å²) in [7, 11) is 0. The van der Waals surface area contributed by atoms with Crippen LogP contribution in [0.4, 0.5) is 0 Å². The van der Waals surface area contributed by atoms with E-state index in [0.717, 1.165) is 12.8 Å². The van der Waals surface area contributed by atoms with Gasteiger partial charge in [0.25, 0.3) is 12.5 Å². The number of hydrogen-bond donors (Lipinski definition) is 0. The summed E-state index contributed by atoms with van der Waals surface area (Å²) in [6.45, 7) is 4.47. The average Bonchev–Trinajstić information content (AvgIpc) is 2.77. The van der Waals surface area contributed by atoms with E-state index < -0.39 is 0 Å². The van der Waals surface area contributed by atoms with Gasteiger partial charge in [-0.25, -0.2) is 0 Å². The Morgan fingerprint density at radius 2 is 1.07 bits per heavy atom. The Labute approximate surface area is 177 Å². The summed E-state index contributed by atoms with van der Waals surface area (Å²) < 4.78 is 9.69. The van der Waals surface area contributed by atoms with Crippen LogP contribution >= 0.6 is 0 Å². The summed E-state index contributed by atoms with van der Waals surface area (Å²) >= 11 is 0. The van der Waals surface area contributed by atoms with Gasteiger partial charge in [-0.05, 0) is 71.2 Å². The van der Waals surface area contributed by atoms with Crippen LogP contribution in [0.1, 0.15) is 47.9 Å². The van der Waals surface area contributed by atoms with Gasteiger partial charge in [-0.1, -0.05) is 62.4 Å². The number of hydrogen-bond acceptors (Lipinski definition) is 4. The molecular formula is C26H24N2O2. The van der Waals surface area contributed by atoms with E-state index in [4.69, 9.17) is 20.0 Å². The molecule has 4 heteroatoms. The Bertz CT molecular complexity index is 961. The molecule has 150 valence electrons. The fourth-order valence-electron chi connectivity index (χ4n) is 3.61. The van der Waals surface area contributed by atoms with Crippen molar-refractivity contribution in [3.63, 3.8) is 0 Å². The molecule has 0 N–H and O–H groups in total. The number of benzene rings is 3. The molecular weight excluding hydrogens is 372 g/mol. The zero-order valence-corrected chi connectivity index (χ0v) is 17.2. The van der Waals surface area contributed by atoms with E-state index in [1.165, 1.54) is 22.3 Å². The molecule has 0 fully saturated rings. The number of nitrogens with zero attached hydrogens (tertiary/aromatic N) is 2. The molecule has 2 atom stereocenters. The second-order valence-electron chi connectivity index (χ2n) is 7.56. The number of rotatable bonds is 8. The highest BCUT2D eigenvalue weighted by Crippen LogP contribution is 2.27. The third-order valence-corrected chi connectivity index (χ3v) is 5.31. The third kappa shape index (κ3) is 5.63. The number of nitriles is 2. The molecule has 3 aromatic carbocycles. The van der Waals surface area contributed by atoms with Gasteiger partial charge in [-0.3, -0.25) is 0 Å². The van der Waals surface area contributed by atoms with Crippen LogP contribution in [-0.4, -0.2) is 0 Å². The quantitative estimate of drug-likeness (QED) is 0.432. The second-order valence-corrected chi connectivity index (χ2v) is 7.56. The van der Waals surface area contributed by atoms with E-state index in [0.29, 0.717) is 23.3 Å². The predicted molar refractivity (Wildman–Crippen MR) is 116 cm³/mol. The lowest BCUT2D eigenvalue weighted by atomic mass is 9.88. The first-order valence-corrected chi connectivity index (χ1v) is 9.98. The maximum atomic E-state index is 8.59. The smallest absolute Gasteiger partial charge is 0.292 e. The van der Waals surface area contributed by atoms with Crippen molar-refractivity contribution in [1.82, 2.24) is 0 Å². The summed E-state index contributed by atoms with van der Waals surface area (Å²) in [5.41, 5.74) is 5.06. The molecule has 0 saturated carbocycles. The van der Waals surface area contributed by atoms with E-state index in [2.05, 4.69) is 38.1 Å². The van der Waals surface area contributed by atoms with Crippen LogP contribution in [-0.2, 0) is 12.8 Å². The first-order valence-electron chi connectivity index (χ1n) is 9.98. The van der Waals surface area contributed by atoms with E-state index in [-0.39, 0.29) is 0 Å². The molecule has 0 aliphatic rings. The molecule has 0 aliphatic carbocycles. The van der Waals surface area contributed by atoms with Crippen LogP contribution in [0.3, 0.4) is 0 Å². The molecule has 3 aromatic rings. The topological polar surface area (TPSA) is 66.0 Å². The number of ether oxygens (including phenoxy) is 2. The fourth-order valence-corrected chi connectivity index (χ4v) is 3.61. The molecule has 0 heterocycles. The van der Waals surface area contributed by atoms with Crippen molar-refractivity contribution in [2.45, 2.75) is 38.5 Å². The first-order chi connectivity index (χ1) is 14.6. The molecule has 0 amide bonds. The summed E-state index contributed by atoms with van der Waals surface area (Å²) in [6, 6.07) is 24.2. The van der Waals surface area contributed by atoms with E-state index in [9.17, 15) is 0 Å². The standard InChI is InChI=1S/C26H24N2O2/c1-19(14-21-6-10-25(11-7-21)29-17-27)23-4-3-5-24(16-23)20(2)15-22-8-12-26(13-9-22)30-18-28/h3-13,16,19-20H,14-15H2,1-2H3. The highest BCUT2D eigenvalue weighted by molar-refractivity contribution is 5.34. The van der Waals surface area contributed by atoms with Gasteiger partial charge in [-0.2, -0.15) is 0 Å². The Morgan fingerprint density at radius 1 is 0.667 bits per heavy atom. The molecule has 0 aliphatic heterocycles. The van der Waals surface area contributed by atoms with Crippen LogP contribution in [0.15, 0.2) is 72.8 Å². The molecule has 0 spiro atoms. The third-order valence-electron chi connectivity index (χ3n) is 5.31. The van der Waals surface area contributed by atoms with Gasteiger partial charge in [-0.15, -0.1) is 10.5 Å². The van der Waals surface area contributed by atoms with Crippen molar-refractivity contribution in [1.29, 1.82) is 10.5 Å². The van der Waals surface area contributed by atoms with Crippen molar-refractivity contribution in [2.24, 2.45) is 0 Å². The van der Waals surface area contributed by atoms with Gasteiger partial charge in [0.2, 0.25) is 0 Å². The van der Waals surface area contributed by atoms with E-state index in [1.807, 2.05) is 48.5 Å². The molecule has 0 saturated heterocycles. The zero-order valence-electron chi connectivity index (χ0n) is 17.2. The minimum Gasteiger partial charge on any atom is -0.388 e. The van der Waals surface area contributed by atoms with Gasteiger partial charge < -0.3 is 9.47 Å². The van der Waals surface area contributed by atoms with Crippen LogP contribution in [0.25, 0.3) is 0 Å². The van der Waals surface area contributed by atoms with Gasteiger partial charge in [0.15, 0.2) is 0 Å². The summed E-state index contributed by atoms with van der Waals surface area (Å²) in [5, 5.41) is 17.2. The van der Waals surface area contributed by atoms with Crippen molar-refractivity contribution in [3.05, 3.63) is 95.1 Å². The lowest BCUT2D eigenvalue weighted by Crippen LogP contribution is -2.03. The predicted octanol–water partition coefficient (Wildman–Crippen LogP) is 6.10. The summed E-state index contributed by atoms with van der Waals surface area (Å²) in [5.74, 6) is 1.89. The first kappa shape index (κ1) is 21.0. The van der Waals surface area contributed by atoms with Crippen molar-refractivity contribution in [2.75, 3.05) is 0 Å². The Morgan fingerprint density at radius 3 is 1.43 bits per heavy atom. The van der Waals surface area contributed by atoms with Crippen molar-refractivity contribution < 1.29 is 9.47 Å². The highest BCUT2D eigenvalue weighted by Gasteiger charge is 2.12. The average molecular weight is 396 g/mol. The van der Waals surface area contributed by atoms with E-state index in [1.54, 1.807) is 12.5 Å². The largest absolute Gasteiger partial charge is 0.388 e. The fraction of sp³-hybridized carbons (Fsp3) is 0.231. The molecule has 0 bridgehead atoms. The maximum absolute atomic E-state index is 8.59. The van der Waals surface area contributed by atoms with Crippen LogP contribution < -0.4 is 9.47 Å². The van der Waals surface area contributed by atoms with E-state index >= 15 is 0 Å². The van der Waals surface area contributed by atoms with Crippen molar-refractivity contribution in [3.8, 4) is 24.0 Å². The second kappa shape index (κ2) is 10.1. The molecule has 30 heavy (non-hydrogen) atoms. The zero-order chi connectivity index (χ0) is 21.3. The Kier molecular flexibility index (Phi) is 7.09. The van der Waals surface area contributed by atoms with Gasteiger partial charge >= 0.3 is 0 Å². The lowest BCUT2D eigenvalue weighted by molar-refractivity contribution is 0.506. The minimum absolute atomic E-state index is 0.377. The van der Waals surface area contributed by atoms with Crippen LogP contribution in [0.5, 0.6) is 11.5 Å². The highest BCUT2D eigenvalue weighted by atomic mass is 16.5. The normalized spacial score (nSPS) is 12.3. The molecule has 0 aromatic heterocycles. The molecule has 0 radical (unpaired) electrons. The van der Waals surface area contributed by atoms with Crippen molar-refractivity contribution >= 4 is 0 Å². The van der Waals surface area contributed by atoms with Gasteiger partial charge in [0.05, 0.1) is 0 Å².